The van der Waals surface area contributed by atoms with E-state index in [1.165, 1.54) is 0 Å². The van der Waals surface area contributed by atoms with Gasteiger partial charge < -0.3 is 15.2 Å². The maximum absolute atomic E-state index is 11.7. The number of ether oxygens (including phenoxy) is 1. The van der Waals surface area contributed by atoms with Gasteiger partial charge in [0, 0.05) is 6.54 Å². The number of hydrogen-bond acceptors (Lipinski definition) is 3. The Balaban J connectivity index is 2.94. The third-order valence-corrected chi connectivity index (χ3v) is 4.06. The fourth-order valence-electron chi connectivity index (χ4n) is 2.87. The first-order valence-electron chi connectivity index (χ1n) is 8.57. The van der Waals surface area contributed by atoms with Gasteiger partial charge in [-0.05, 0) is 52.7 Å². The van der Waals surface area contributed by atoms with Crippen LogP contribution in [0.25, 0.3) is 0 Å². The summed E-state index contributed by atoms with van der Waals surface area (Å²) in [6.45, 7) is 15.6. The number of benzene rings is 1. The lowest BCUT2D eigenvalue weighted by molar-refractivity contribution is 0.0523. The molecule has 0 aromatic heterocycles. The zero-order valence-electron chi connectivity index (χ0n) is 16.2. The molecule has 1 aromatic carbocycles. The maximum atomic E-state index is 11.7. The second-order valence-electron chi connectivity index (χ2n) is 7.38. The summed E-state index contributed by atoms with van der Waals surface area (Å²) in [4.78, 5) is 11.7. The highest BCUT2D eigenvalue weighted by Gasteiger charge is 2.35. The van der Waals surface area contributed by atoms with Crippen LogP contribution in [0.1, 0.15) is 52.7 Å². The highest BCUT2D eigenvalue weighted by molar-refractivity contribution is 5.67. The summed E-state index contributed by atoms with van der Waals surface area (Å²) < 4.78 is 5.23. The number of hydrogen-bond donors (Lipinski definition) is 2. The van der Waals surface area contributed by atoms with Crippen LogP contribution in [-0.4, -0.2) is 22.9 Å². The van der Waals surface area contributed by atoms with Gasteiger partial charge in [0.05, 0.1) is 11.5 Å². The van der Waals surface area contributed by atoms with Crippen LogP contribution in [-0.2, 0) is 16.7 Å². The Hall–Kier alpha value is -2.07. The molecule has 0 aliphatic heterocycles. The second kappa shape index (κ2) is 8.34. The van der Waals surface area contributed by atoms with Gasteiger partial charge in [-0.3, -0.25) is 0 Å². The molecule has 138 valence electrons. The SMILES string of the molecule is C=C(C)C(/C=C/C)(c1ccc(CNC(=O)OC(C)(C)C)cc1)[C@H](C)O. The zero-order valence-corrected chi connectivity index (χ0v) is 16.2. The predicted molar refractivity (Wildman–Crippen MR) is 103 cm³/mol. The van der Waals surface area contributed by atoms with E-state index in [1.54, 1.807) is 6.92 Å². The first-order valence-corrected chi connectivity index (χ1v) is 8.57. The van der Waals surface area contributed by atoms with Gasteiger partial charge >= 0.3 is 6.09 Å². The summed E-state index contributed by atoms with van der Waals surface area (Å²) in [6.07, 6.45) is 2.87. The molecule has 1 unspecified atom stereocenters. The fraction of sp³-hybridized carbons (Fsp3) is 0.476. The Bertz CT molecular complexity index is 624. The van der Waals surface area contributed by atoms with E-state index in [2.05, 4.69) is 11.9 Å². The number of nitrogens with one attached hydrogen (secondary N) is 1. The first-order chi connectivity index (χ1) is 11.5. The van der Waals surface area contributed by atoms with Crippen LogP contribution in [0.15, 0.2) is 48.6 Å². The van der Waals surface area contributed by atoms with Crippen LogP contribution in [0.4, 0.5) is 4.79 Å². The van der Waals surface area contributed by atoms with E-state index in [-0.39, 0.29) is 0 Å². The van der Waals surface area contributed by atoms with E-state index in [9.17, 15) is 9.90 Å². The molecule has 1 amide bonds. The summed E-state index contributed by atoms with van der Waals surface area (Å²) in [5, 5.41) is 13.1. The number of aliphatic hydroxyl groups excluding tert-OH is 1. The molecule has 0 fully saturated rings. The minimum Gasteiger partial charge on any atom is -0.444 e. The average Bonchev–Trinajstić information content (AvgIpc) is 2.49. The Morgan fingerprint density at radius 2 is 1.88 bits per heavy atom. The first kappa shape index (κ1) is 21.0. The van der Waals surface area contributed by atoms with Crippen molar-refractivity contribution in [2.75, 3.05) is 0 Å². The molecular formula is C21H31NO3. The molecule has 4 nitrogen and oxygen atoms in total. The molecule has 1 rings (SSSR count). The van der Waals surface area contributed by atoms with Gasteiger partial charge in [-0.2, -0.15) is 0 Å². The average molecular weight is 345 g/mol. The van der Waals surface area contributed by atoms with Crippen molar-refractivity contribution in [3.05, 3.63) is 59.7 Å². The molecule has 25 heavy (non-hydrogen) atoms. The number of rotatable bonds is 6. The number of carbonyl (C=O) groups excluding carboxylic acids is 1. The molecule has 0 aliphatic carbocycles. The monoisotopic (exact) mass is 345 g/mol. The third kappa shape index (κ3) is 5.46. The van der Waals surface area contributed by atoms with E-state index in [1.807, 2.05) is 71.0 Å². The van der Waals surface area contributed by atoms with Crippen LogP contribution in [0, 0.1) is 0 Å². The fourth-order valence-corrected chi connectivity index (χ4v) is 2.87. The lowest BCUT2D eigenvalue weighted by Gasteiger charge is -2.35. The predicted octanol–water partition coefficient (Wildman–Crippen LogP) is 4.48. The van der Waals surface area contributed by atoms with Crippen molar-refractivity contribution in [3.8, 4) is 0 Å². The van der Waals surface area contributed by atoms with Gasteiger partial charge in [0.15, 0.2) is 0 Å². The van der Waals surface area contributed by atoms with Crippen LogP contribution in [0.3, 0.4) is 0 Å². The summed E-state index contributed by atoms with van der Waals surface area (Å²) in [7, 11) is 0. The minimum absolute atomic E-state index is 0.383. The van der Waals surface area contributed by atoms with Gasteiger partial charge in [0.2, 0.25) is 0 Å². The van der Waals surface area contributed by atoms with Crippen LogP contribution in [0.5, 0.6) is 0 Å². The molecule has 0 saturated carbocycles. The van der Waals surface area contributed by atoms with Gasteiger partial charge in [-0.25, -0.2) is 4.79 Å². The largest absolute Gasteiger partial charge is 0.444 e. The molecule has 0 heterocycles. The summed E-state index contributed by atoms with van der Waals surface area (Å²) in [5.74, 6) is 0. The number of carbonyl (C=O) groups is 1. The van der Waals surface area contributed by atoms with Gasteiger partial charge in [0.1, 0.15) is 5.60 Å². The molecule has 0 saturated heterocycles. The maximum Gasteiger partial charge on any atom is 0.407 e. The van der Waals surface area contributed by atoms with Gasteiger partial charge in [-0.1, -0.05) is 48.6 Å². The van der Waals surface area contributed by atoms with Gasteiger partial charge in [0.25, 0.3) is 0 Å². The standard InChI is InChI=1S/C21H31NO3/c1-8-13-21(15(2)3,16(4)23)18-11-9-17(10-12-18)14-22-19(24)25-20(5,6)7/h8-13,16,23H,2,14H2,1,3-7H3,(H,22,24)/b13-8+/t16-,21?/m0/s1. The minimum atomic E-state index is -0.619. The highest BCUT2D eigenvalue weighted by atomic mass is 16.6. The molecule has 4 heteroatoms. The Kier molecular flexibility index (Phi) is 7.00. The molecular weight excluding hydrogens is 314 g/mol. The van der Waals surface area contributed by atoms with Crippen molar-refractivity contribution in [2.45, 2.75) is 65.2 Å². The van der Waals surface area contributed by atoms with Crippen LogP contribution < -0.4 is 5.32 Å². The second-order valence-corrected chi connectivity index (χ2v) is 7.38. The smallest absolute Gasteiger partial charge is 0.407 e. The van der Waals surface area contributed by atoms with Crippen molar-refractivity contribution in [1.29, 1.82) is 0 Å². The van der Waals surface area contributed by atoms with E-state index in [0.29, 0.717) is 6.54 Å². The quantitative estimate of drug-likeness (QED) is 0.747. The molecule has 1 aromatic rings. The molecule has 0 spiro atoms. The van der Waals surface area contributed by atoms with Gasteiger partial charge in [-0.15, -0.1) is 0 Å². The van der Waals surface area contributed by atoms with E-state index in [4.69, 9.17) is 4.74 Å². The number of aliphatic hydroxyl groups is 1. The number of amides is 1. The summed E-state index contributed by atoms with van der Waals surface area (Å²) >= 11 is 0. The van der Waals surface area contributed by atoms with Crippen LogP contribution in [0.2, 0.25) is 0 Å². The molecule has 2 atom stereocenters. The van der Waals surface area contributed by atoms with Crippen molar-refractivity contribution in [2.24, 2.45) is 0 Å². The lowest BCUT2D eigenvalue weighted by Crippen LogP contribution is -2.37. The van der Waals surface area contributed by atoms with Crippen molar-refractivity contribution < 1.29 is 14.6 Å². The van der Waals surface area contributed by atoms with Crippen molar-refractivity contribution in [1.82, 2.24) is 5.32 Å². The topological polar surface area (TPSA) is 58.6 Å². The zero-order chi connectivity index (χ0) is 19.3. The summed E-state index contributed by atoms with van der Waals surface area (Å²) in [5.41, 5.74) is 1.66. The van der Waals surface area contributed by atoms with Crippen molar-refractivity contribution in [3.63, 3.8) is 0 Å². The normalized spacial score (nSPS) is 15.5. The van der Waals surface area contributed by atoms with E-state index < -0.39 is 23.2 Å². The number of alkyl carbamates (subject to hydrolysis) is 1. The van der Waals surface area contributed by atoms with E-state index in [0.717, 1.165) is 16.7 Å². The van der Waals surface area contributed by atoms with Crippen molar-refractivity contribution >= 4 is 6.09 Å². The summed E-state index contributed by atoms with van der Waals surface area (Å²) in [6, 6.07) is 7.81. The lowest BCUT2D eigenvalue weighted by atomic mass is 9.71. The number of allylic oxidation sites excluding steroid dienone is 1. The molecule has 0 bridgehead atoms. The third-order valence-electron chi connectivity index (χ3n) is 4.06. The van der Waals surface area contributed by atoms with Crippen LogP contribution >= 0.6 is 0 Å². The Labute approximate surface area is 151 Å². The Morgan fingerprint density at radius 1 is 1.32 bits per heavy atom. The Morgan fingerprint density at radius 3 is 2.28 bits per heavy atom. The van der Waals surface area contributed by atoms with E-state index >= 15 is 0 Å². The highest BCUT2D eigenvalue weighted by Crippen LogP contribution is 2.36. The molecule has 2 N–H and O–H groups in total. The molecule has 0 radical (unpaired) electrons. The molecule has 0 aliphatic rings.